The predicted molar refractivity (Wildman–Crippen MR) is 131 cm³/mol. The molecule has 3 aliphatic heterocycles. The van der Waals surface area contributed by atoms with E-state index in [2.05, 4.69) is 15.7 Å². The predicted octanol–water partition coefficient (Wildman–Crippen LogP) is 4.69. The van der Waals surface area contributed by atoms with Crippen molar-refractivity contribution >= 4 is 29.5 Å². The summed E-state index contributed by atoms with van der Waals surface area (Å²) in [6.45, 7) is 1.98. The molecule has 0 bridgehead atoms. The summed E-state index contributed by atoms with van der Waals surface area (Å²) in [6, 6.07) is 2.28. The zero-order valence-corrected chi connectivity index (χ0v) is 21.2. The number of carbonyl (C=O) groups is 2. The normalized spacial score (nSPS) is 25.6. The Morgan fingerprint density at radius 2 is 2.08 bits per heavy atom. The van der Waals surface area contributed by atoms with Crippen LogP contribution in [0.25, 0.3) is 0 Å². The Labute approximate surface area is 220 Å². The van der Waals surface area contributed by atoms with E-state index in [-0.39, 0.29) is 31.2 Å². The second-order valence-corrected chi connectivity index (χ2v) is 10.7. The molecule has 1 aliphatic carbocycles. The van der Waals surface area contributed by atoms with Crippen molar-refractivity contribution in [3.8, 4) is 11.5 Å². The summed E-state index contributed by atoms with van der Waals surface area (Å²) in [5.41, 5.74) is 1.52. The molecule has 0 fully saturated rings. The highest BCUT2D eigenvalue weighted by atomic mass is 32.2. The molecule has 9 nitrogen and oxygen atoms in total. The second kappa shape index (κ2) is 9.44. The van der Waals surface area contributed by atoms with Gasteiger partial charge in [0, 0.05) is 6.42 Å². The average molecular weight is 551 g/mol. The fraction of sp³-hybridized carbons (Fsp3) is 0.480. The van der Waals surface area contributed by atoms with Crippen LogP contribution in [0.5, 0.6) is 11.5 Å². The molecule has 4 atom stereocenters. The van der Waals surface area contributed by atoms with E-state index in [1.807, 2.05) is 0 Å². The van der Waals surface area contributed by atoms with Crippen LogP contribution in [0.2, 0.25) is 0 Å². The van der Waals surface area contributed by atoms with Gasteiger partial charge in [0.2, 0.25) is 6.79 Å². The fourth-order valence-electron chi connectivity index (χ4n) is 5.50. The smallest absolute Gasteiger partial charge is 0.410 e. The van der Waals surface area contributed by atoms with Gasteiger partial charge in [-0.15, -0.1) is 11.8 Å². The van der Waals surface area contributed by atoms with E-state index < -0.39 is 41.4 Å². The Hall–Kier alpha value is -3.35. The third kappa shape index (κ3) is 4.26. The number of alkyl halides is 3. The number of aromatic nitrogens is 2. The molecule has 1 aromatic heterocycles. The van der Waals surface area contributed by atoms with Crippen LogP contribution >= 0.6 is 11.8 Å². The molecule has 0 saturated heterocycles. The zero-order chi connectivity index (χ0) is 26.6. The topological polar surface area (TPSA) is 104 Å². The lowest BCUT2D eigenvalue weighted by atomic mass is 9.96. The maximum Gasteiger partial charge on any atom is 0.410 e. The lowest BCUT2D eigenvalue weighted by Crippen LogP contribution is -2.41. The highest BCUT2D eigenvalue weighted by Gasteiger charge is 2.48. The molecule has 4 unspecified atom stereocenters. The SMILES string of the molecule is CCOC(=O)C1C2=C(CCC2)SC1NC(=O)c1cnn2c1NC(c1ccc3c(c1)OCO3)CC2C(F)(F)F. The van der Waals surface area contributed by atoms with Crippen molar-refractivity contribution in [1.82, 2.24) is 15.1 Å². The number of allylic oxidation sites excluding steroid dienone is 1. The number of nitrogens with zero attached hydrogens (tertiary/aromatic N) is 2. The van der Waals surface area contributed by atoms with E-state index in [4.69, 9.17) is 14.2 Å². The van der Waals surface area contributed by atoms with Gasteiger partial charge >= 0.3 is 12.1 Å². The van der Waals surface area contributed by atoms with Gasteiger partial charge in [-0.25, -0.2) is 4.68 Å². The Balaban J connectivity index is 1.28. The molecule has 0 radical (unpaired) electrons. The minimum Gasteiger partial charge on any atom is -0.465 e. The third-order valence-corrected chi connectivity index (χ3v) is 8.65. The van der Waals surface area contributed by atoms with E-state index >= 15 is 0 Å². The van der Waals surface area contributed by atoms with Crippen LogP contribution in [0.1, 0.15) is 60.6 Å². The van der Waals surface area contributed by atoms with Crippen LogP contribution in [-0.2, 0) is 9.53 Å². The number of ether oxygens (including phenoxy) is 3. The van der Waals surface area contributed by atoms with Gasteiger partial charge < -0.3 is 24.8 Å². The van der Waals surface area contributed by atoms with Gasteiger partial charge in [-0.2, -0.15) is 18.3 Å². The summed E-state index contributed by atoms with van der Waals surface area (Å²) in [7, 11) is 0. The minimum atomic E-state index is -4.59. The molecule has 0 spiro atoms. The van der Waals surface area contributed by atoms with E-state index in [0.29, 0.717) is 17.1 Å². The van der Waals surface area contributed by atoms with Crippen LogP contribution in [0.3, 0.4) is 0 Å². The summed E-state index contributed by atoms with van der Waals surface area (Å²) in [5.74, 6) is -0.701. The number of carbonyl (C=O) groups excluding carboxylic acids is 2. The van der Waals surface area contributed by atoms with E-state index in [9.17, 15) is 22.8 Å². The Morgan fingerprint density at radius 1 is 1.26 bits per heavy atom. The number of esters is 1. The van der Waals surface area contributed by atoms with Gasteiger partial charge in [-0.1, -0.05) is 6.07 Å². The van der Waals surface area contributed by atoms with Crippen molar-refractivity contribution in [2.24, 2.45) is 5.92 Å². The molecule has 0 saturated carbocycles. The molecule has 38 heavy (non-hydrogen) atoms. The highest BCUT2D eigenvalue weighted by Crippen LogP contribution is 2.50. The molecule has 4 heterocycles. The lowest BCUT2D eigenvalue weighted by molar-refractivity contribution is -0.173. The summed E-state index contributed by atoms with van der Waals surface area (Å²) in [6.07, 6.45) is -1.25. The highest BCUT2D eigenvalue weighted by molar-refractivity contribution is 8.04. The third-order valence-electron chi connectivity index (χ3n) is 7.25. The van der Waals surface area contributed by atoms with Gasteiger partial charge in [-0.05, 0) is 54.4 Å². The minimum absolute atomic E-state index is 0.0278. The van der Waals surface area contributed by atoms with E-state index in [0.717, 1.165) is 40.6 Å². The number of hydrogen-bond acceptors (Lipinski definition) is 8. The average Bonchev–Trinajstić information content (AvgIpc) is 3.65. The molecule has 4 aliphatic rings. The molecule has 13 heteroatoms. The lowest BCUT2D eigenvalue weighted by Gasteiger charge is -2.34. The largest absolute Gasteiger partial charge is 0.465 e. The van der Waals surface area contributed by atoms with Gasteiger partial charge in [0.1, 0.15) is 17.3 Å². The number of rotatable bonds is 5. The zero-order valence-electron chi connectivity index (χ0n) is 20.3. The second-order valence-electron chi connectivity index (χ2n) is 9.50. The molecule has 202 valence electrons. The van der Waals surface area contributed by atoms with Crippen LogP contribution in [0.4, 0.5) is 19.0 Å². The van der Waals surface area contributed by atoms with Gasteiger partial charge in [-0.3, -0.25) is 9.59 Å². The molecule has 1 aromatic carbocycles. The quantitative estimate of drug-likeness (QED) is 0.517. The Kier molecular flexibility index (Phi) is 6.20. The Bertz CT molecular complexity index is 1330. The van der Waals surface area contributed by atoms with Gasteiger partial charge in [0.05, 0.1) is 24.2 Å². The van der Waals surface area contributed by atoms with Gasteiger partial charge in [0.15, 0.2) is 17.5 Å². The molecular weight excluding hydrogens is 525 g/mol. The van der Waals surface area contributed by atoms with Crippen LogP contribution in [-0.4, -0.2) is 46.6 Å². The number of benzene rings is 1. The van der Waals surface area contributed by atoms with Crippen molar-refractivity contribution in [3.63, 3.8) is 0 Å². The number of nitrogens with one attached hydrogen (secondary N) is 2. The maximum atomic E-state index is 14.1. The van der Waals surface area contributed by atoms with Gasteiger partial charge in [0.25, 0.3) is 5.91 Å². The van der Waals surface area contributed by atoms with Crippen molar-refractivity contribution in [3.05, 3.63) is 46.0 Å². The monoisotopic (exact) mass is 550 g/mol. The molecule has 2 aromatic rings. The first-order valence-corrected chi connectivity index (χ1v) is 13.3. The summed E-state index contributed by atoms with van der Waals surface area (Å²) >= 11 is 1.41. The number of amides is 1. The maximum absolute atomic E-state index is 14.1. The van der Waals surface area contributed by atoms with Crippen LogP contribution in [0, 0.1) is 5.92 Å². The number of hydrogen-bond donors (Lipinski definition) is 2. The van der Waals surface area contributed by atoms with Crippen molar-refractivity contribution in [2.75, 3.05) is 18.7 Å². The molecular formula is C25H25F3N4O5S. The standard InChI is InChI=1S/C25H25F3N4O5S/c1-2-35-24(34)20-13-4-3-5-18(13)38-23(20)31-22(33)14-10-29-32-19(25(26,27)28)9-15(30-21(14)32)12-6-7-16-17(8-12)37-11-36-16/h6-8,10,15,19-20,23,30H,2-5,9,11H2,1H3,(H,31,33). The van der Waals surface area contributed by atoms with Crippen molar-refractivity contribution in [1.29, 1.82) is 0 Å². The summed E-state index contributed by atoms with van der Waals surface area (Å²) in [4.78, 5) is 27.2. The number of halogens is 3. The molecule has 6 rings (SSSR count). The van der Waals surface area contributed by atoms with E-state index in [1.54, 1.807) is 25.1 Å². The van der Waals surface area contributed by atoms with Crippen LogP contribution < -0.4 is 20.1 Å². The van der Waals surface area contributed by atoms with Crippen molar-refractivity contribution < 1.29 is 37.0 Å². The molecule has 2 N–H and O–H groups in total. The first-order chi connectivity index (χ1) is 18.2. The number of thioether (sulfide) groups is 1. The summed E-state index contributed by atoms with van der Waals surface area (Å²) in [5, 5.41) is 9.30. The van der Waals surface area contributed by atoms with E-state index in [1.165, 1.54) is 11.8 Å². The first-order valence-electron chi connectivity index (χ1n) is 12.4. The number of fused-ring (bicyclic) bond motifs is 2. The van der Waals surface area contributed by atoms with Crippen molar-refractivity contribution in [2.45, 2.75) is 56.2 Å². The summed E-state index contributed by atoms with van der Waals surface area (Å²) < 4.78 is 59.1. The molecule has 1 amide bonds. The fourth-order valence-corrected chi connectivity index (χ4v) is 7.03. The van der Waals surface area contributed by atoms with Crippen LogP contribution in [0.15, 0.2) is 34.9 Å². The Morgan fingerprint density at radius 3 is 2.87 bits per heavy atom. The number of anilines is 1. The first kappa shape index (κ1) is 25.0.